The molecule has 0 aromatic heterocycles. The summed E-state index contributed by atoms with van der Waals surface area (Å²) in [5, 5.41) is 4.42. The molecule has 1 fully saturated rings. The van der Waals surface area contributed by atoms with Crippen molar-refractivity contribution >= 4 is 27.9 Å². The number of amides is 3. The predicted octanol–water partition coefficient (Wildman–Crippen LogP) is 0.871. The monoisotopic (exact) mass is 427 g/mol. The second kappa shape index (κ2) is 9.70. The highest BCUT2D eigenvalue weighted by molar-refractivity contribution is 7.89. The summed E-state index contributed by atoms with van der Waals surface area (Å²) in [6, 6.07) is 3.17. The number of ether oxygens (including phenoxy) is 2. The summed E-state index contributed by atoms with van der Waals surface area (Å²) in [4.78, 5) is 35.6. The molecule has 0 bridgehead atoms. The lowest BCUT2D eigenvalue weighted by Crippen LogP contribution is -2.44. The van der Waals surface area contributed by atoms with Gasteiger partial charge in [-0.3, -0.25) is 10.1 Å². The largest absolute Gasteiger partial charge is 0.495 e. The number of hydrogen-bond donors (Lipinski definition) is 2. The summed E-state index contributed by atoms with van der Waals surface area (Å²) in [7, 11) is -2.50. The minimum atomic E-state index is -3.84. The van der Waals surface area contributed by atoms with Crippen molar-refractivity contribution in [3.8, 4) is 5.75 Å². The van der Waals surface area contributed by atoms with Crippen LogP contribution in [0, 0.1) is 0 Å². The Morgan fingerprint density at radius 1 is 1.21 bits per heavy atom. The number of nitrogens with zero attached hydrogens (tertiary/aromatic N) is 1. The van der Waals surface area contributed by atoms with Gasteiger partial charge in [-0.15, -0.1) is 0 Å². The first-order valence-corrected chi connectivity index (χ1v) is 10.6. The summed E-state index contributed by atoms with van der Waals surface area (Å²) in [5.74, 6) is -1.60. The van der Waals surface area contributed by atoms with Crippen LogP contribution in [0.5, 0.6) is 5.75 Å². The second-order valence-electron chi connectivity index (χ2n) is 6.37. The molecule has 2 rings (SSSR count). The average Bonchev–Trinajstić information content (AvgIpc) is 3.23. The average molecular weight is 427 g/mol. The summed E-state index contributed by atoms with van der Waals surface area (Å²) < 4.78 is 37.3. The third kappa shape index (κ3) is 5.45. The van der Waals surface area contributed by atoms with Gasteiger partial charge in [-0.1, -0.05) is 0 Å². The van der Waals surface area contributed by atoms with E-state index in [0.29, 0.717) is 19.6 Å². The minimum absolute atomic E-state index is 0.0544. The molecular weight excluding hydrogens is 402 g/mol. The molecule has 1 unspecified atom stereocenters. The van der Waals surface area contributed by atoms with Crippen molar-refractivity contribution in [3.63, 3.8) is 0 Å². The van der Waals surface area contributed by atoms with E-state index < -0.39 is 34.0 Å². The Labute approximate surface area is 169 Å². The van der Waals surface area contributed by atoms with E-state index in [2.05, 4.69) is 5.32 Å². The van der Waals surface area contributed by atoms with Crippen LogP contribution in [0.3, 0.4) is 0 Å². The molecule has 2 N–H and O–H groups in total. The molecule has 1 saturated heterocycles. The Morgan fingerprint density at radius 3 is 2.45 bits per heavy atom. The van der Waals surface area contributed by atoms with Crippen LogP contribution in [0.25, 0.3) is 0 Å². The van der Waals surface area contributed by atoms with Crippen molar-refractivity contribution in [2.24, 2.45) is 0 Å². The van der Waals surface area contributed by atoms with Gasteiger partial charge in [0.05, 0.1) is 12.7 Å². The van der Waals surface area contributed by atoms with E-state index in [9.17, 15) is 22.8 Å². The Bertz CT molecular complexity index is 879. The molecule has 29 heavy (non-hydrogen) atoms. The molecule has 160 valence electrons. The van der Waals surface area contributed by atoms with E-state index in [1.54, 1.807) is 6.92 Å². The lowest BCUT2D eigenvalue weighted by atomic mass is 10.2. The highest BCUT2D eigenvalue weighted by Gasteiger charge is 2.31. The van der Waals surface area contributed by atoms with Crippen molar-refractivity contribution in [2.45, 2.75) is 37.7 Å². The Kier molecular flexibility index (Phi) is 7.57. The van der Waals surface area contributed by atoms with Gasteiger partial charge in [-0.2, -0.15) is 4.31 Å². The maximum Gasteiger partial charge on any atom is 0.338 e. The first-order valence-electron chi connectivity index (χ1n) is 9.18. The van der Waals surface area contributed by atoms with Gasteiger partial charge in [0.25, 0.3) is 5.91 Å². The number of carbonyl (C=O) groups excluding carboxylic acids is 3. The number of nitrogens with one attached hydrogen (secondary N) is 2. The standard InChI is InChI=1S/C18H25N3O7S/c1-4-19-18(24)20-16(22)12(2)28-17(23)13-7-8-14(27-3)15(11-13)29(25,26)21-9-5-6-10-21/h7-8,11-12H,4-6,9-10H2,1-3H3,(H2,19,20,22,24). The van der Waals surface area contributed by atoms with Crippen molar-refractivity contribution in [1.82, 2.24) is 14.9 Å². The first kappa shape index (κ1) is 22.6. The van der Waals surface area contributed by atoms with Gasteiger partial charge in [0.1, 0.15) is 10.6 Å². The number of urea groups is 1. The van der Waals surface area contributed by atoms with E-state index in [1.807, 2.05) is 5.32 Å². The van der Waals surface area contributed by atoms with Gasteiger partial charge in [-0.05, 0) is 44.9 Å². The third-order valence-corrected chi connectivity index (χ3v) is 6.23. The van der Waals surface area contributed by atoms with Crippen LogP contribution in [-0.2, 0) is 19.6 Å². The van der Waals surface area contributed by atoms with Gasteiger partial charge in [0, 0.05) is 19.6 Å². The predicted molar refractivity (Wildman–Crippen MR) is 103 cm³/mol. The summed E-state index contributed by atoms with van der Waals surface area (Å²) in [6.45, 7) is 4.12. The molecule has 1 aromatic carbocycles. The first-order chi connectivity index (χ1) is 13.7. The van der Waals surface area contributed by atoms with Gasteiger partial charge in [0.2, 0.25) is 10.0 Å². The van der Waals surface area contributed by atoms with E-state index in [4.69, 9.17) is 9.47 Å². The molecule has 3 amide bonds. The number of imide groups is 1. The number of benzene rings is 1. The molecule has 0 radical (unpaired) electrons. The van der Waals surface area contributed by atoms with Crippen molar-refractivity contribution in [2.75, 3.05) is 26.7 Å². The molecule has 10 nitrogen and oxygen atoms in total. The molecule has 1 aliphatic heterocycles. The Morgan fingerprint density at radius 2 is 1.86 bits per heavy atom. The van der Waals surface area contributed by atoms with Crippen LogP contribution in [0.15, 0.2) is 23.1 Å². The fourth-order valence-corrected chi connectivity index (χ4v) is 4.47. The number of esters is 1. The van der Waals surface area contributed by atoms with Crippen molar-refractivity contribution in [3.05, 3.63) is 23.8 Å². The smallest absolute Gasteiger partial charge is 0.338 e. The topological polar surface area (TPSA) is 131 Å². The molecular formula is C18H25N3O7S. The second-order valence-corrected chi connectivity index (χ2v) is 8.28. The molecule has 0 aliphatic carbocycles. The molecule has 1 atom stereocenters. The Balaban J connectivity index is 2.19. The van der Waals surface area contributed by atoms with Crippen molar-refractivity contribution in [1.29, 1.82) is 0 Å². The summed E-state index contributed by atoms with van der Waals surface area (Å²) in [5.41, 5.74) is -0.0544. The minimum Gasteiger partial charge on any atom is -0.495 e. The maximum absolute atomic E-state index is 12.9. The zero-order chi connectivity index (χ0) is 21.6. The number of methoxy groups -OCH3 is 1. The molecule has 1 aromatic rings. The lowest BCUT2D eigenvalue weighted by Gasteiger charge is -2.18. The quantitative estimate of drug-likeness (QED) is 0.617. The van der Waals surface area contributed by atoms with E-state index in [-0.39, 0.29) is 16.2 Å². The van der Waals surface area contributed by atoms with Crippen molar-refractivity contribution < 1.29 is 32.3 Å². The van der Waals surface area contributed by atoms with Crippen LogP contribution in [0.1, 0.15) is 37.0 Å². The number of hydrogen-bond acceptors (Lipinski definition) is 7. The van der Waals surface area contributed by atoms with E-state index in [0.717, 1.165) is 12.8 Å². The molecule has 11 heteroatoms. The van der Waals surface area contributed by atoms with Crippen LogP contribution in [0.2, 0.25) is 0 Å². The lowest BCUT2D eigenvalue weighted by molar-refractivity contribution is -0.127. The number of sulfonamides is 1. The highest BCUT2D eigenvalue weighted by atomic mass is 32.2. The highest BCUT2D eigenvalue weighted by Crippen LogP contribution is 2.30. The number of carbonyl (C=O) groups is 3. The SMILES string of the molecule is CCNC(=O)NC(=O)C(C)OC(=O)c1ccc(OC)c(S(=O)(=O)N2CCCC2)c1. The molecule has 1 heterocycles. The van der Waals surface area contributed by atoms with Crippen LogP contribution in [0.4, 0.5) is 4.79 Å². The molecule has 0 spiro atoms. The van der Waals surface area contributed by atoms with Gasteiger partial charge >= 0.3 is 12.0 Å². The van der Waals surface area contributed by atoms with Crippen LogP contribution < -0.4 is 15.4 Å². The fraction of sp³-hybridized carbons (Fsp3) is 0.500. The third-order valence-electron chi connectivity index (χ3n) is 4.31. The van der Waals surface area contributed by atoms with Gasteiger partial charge < -0.3 is 14.8 Å². The molecule has 0 saturated carbocycles. The fourth-order valence-electron chi connectivity index (χ4n) is 2.77. The van der Waals surface area contributed by atoms with E-state index >= 15 is 0 Å². The Hall–Kier alpha value is -2.66. The molecule has 1 aliphatic rings. The zero-order valence-corrected chi connectivity index (χ0v) is 17.4. The maximum atomic E-state index is 12.9. The van der Waals surface area contributed by atoms with E-state index in [1.165, 1.54) is 36.5 Å². The van der Waals surface area contributed by atoms with Gasteiger partial charge in [-0.25, -0.2) is 18.0 Å². The zero-order valence-electron chi connectivity index (χ0n) is 16.6. The summed E-state index contributed by atoms with van der Waals surface area (Å²) in [6.07, 6.45) is 0.272. The van der Waals surface area contributed by atoms with Gasteiger partial charge in [0.15, 0.2) is 6.10 Å². The summed E-state index contributed by atoms with van der Waals surface area (Å²) >= 11 is 0. The van der Waals surface area contributed by atoms with Crippen LogP contribution in [-0.4, -0.2) is 63.5 Å². The van der Waals surface area contributed by atoms with Crippen LogP contribution >= 0.6 is 0 Å². The number of rotatable bonds is 7. The normalized spacial score (nSPS) is 15.4.